The van der Waals surface area contributed by atoms with Crippen molar-refractivity contribution in [1.82, 2.24) is 24.5 Å². The standard InChI is InChI=1S/C12H21N5O3S/c1-10-15-11(9-16(10)2)21(19,20)14-4-3-12(18)17-7-5-13-6-8-17/h9,13-14H,3-8H2,1-2H3. The Morgan fingerprint density at radius 3 is 2.67 bits per heavy atom. The minimum Gasteiger partial charge on any atom is -0.340 e. The molecule has 0 radical (unpaired) electrons. The van der Waals surface area contributed by atoms with E-state index in [1.165, 1.54) is 6.20 Å². The summed E-state index contributed by atoms with van der Waals surface area (Å²) in [4.78, 5) is 17.6. The smallest absolute Gasteiger partial charge is 0.259 e. The van der Waals surface area contributed by atoms with Gasteiger partial charge in [0.25, 0.3) is 10.0 Å². The highest BCUT2D eigenvalue weighted by Gasteiger charge is 2.20. The Balaban J connectivity index is 1.85. The SMILES string of the molecule is Cc1nc(S(=O)(=O)NCCC(=O)N2CCNCC2)cn1C. The lowest BCUT2D eigenvalue weighted by atomic mass is 10.3. The number of hydrogen-bond acceptors (Lipinski definition) is 5. The van der Waals surface area contributed by atoms with E-state index in [1.807, 2.05) is 0 Å². The highest BCUT2D eigenvalue weighted by molar-refractivity contribution is 7.89. The van der Waals surface area contributed by atoms with Crippen LogP contribution in [0.5, 0.6) is 0 Å². The first-order valence-electron chi connectivity index (χ1n) is 6.88. The van der Waals surface area contributed by atoms with Crippen molar-refractivity contribution in [2.24, 2.45) is 7.05 Å². The van der Waals surface area contributed by atoms with Crippen LogP contribution in [0.2, 0.25) is 0 Å². The second-order valence-corrected chi connectivity index (χ2v) is 6.73. The lowest BCUT2D eigenvalue weighted by Crippen LogP contribution is -2.47. The third kappa shape index (κ3) is 4.02. The van der Waals surface area contributed by atoms with Crippen LogP contribution >= 0.6 is 0 Å². The van der Waals surface area contributed by atoms with E-state index < -0.39 is 10.0 Å². The van der Waals surface area contributed by atoms with E-state index in [1.54, 1.807) is 23.4 Å². The van der Waals surface area contributed by atoms with Crippen LogP contribution in [0.4, 0.5) is 0 Å². The molecule has 2 heterocycles. The van der Waals surface area contributed by atoms with Crippen LogP contribution < -0.4 is 10.0 Å². The molecule has 0 unspecified atom stereocenters. The zero-order valence-corrected chi connectivity index (χ0v) is 13.1. The molecule has 0 saturated carbocycles. The van der Waals surface area contributed by atoms with Gasteiger partial charge in [0.1, 0.15) is 5.82 Å². The maximum absolute atomic E-state index is 12.0. The molecular formula is C12H21N5O3S. The Morgan fingerprint density at radius 1 is 1.43 bits per heavy atom. The van der Waals surface area contributed by atoms with E-state index in [0.29, 0.717) is 18.9 Å². The average Bonchev–Trinajstić information content (AvgIpc) is 2.80. The summed E-state index contributed by atoms with van der Waals surface area (Å²) in [5, 5.41) is 3.15. The van der Waals surface area contributed by atoms with Gasteiger partial charge in [-0.3, -0.25) is 4.79 Å². The normalized spacial score (nSPS) is 16.2. The van der Waals surface area contributed by atoms with Gasteiger partial charge < -0.3 is 14.8 Å². The third-order valence-corrected chi connectivity index (χ3v) is 4.79. The number of nitrogens with zero attached hydrogens (tertiary/aromatic N) is 3. The summed E-state index contributed by atoms with van der Waals surface area (Å²) in [6, 6.07) is 0. The quantitative estimate of drug-likeness (QED) is 0.714. The zero-order valence-electron chi connectivity index (χ0n) is 12.3. The molecule has 0 spiro atoms. The number of carbonyl (C=O) groups excluding carboxylic acids is 1. The Labute approximate surface area is 124 Å². The molecule has 0 aromatic carbocycles. The molecule has 1 aromatic heterocycles. The second kappa shape index (κ2) is 6.54. The second-order valence-electron chi connectivity index (χ2n) is 5.02. The topological polar surface area (TPSA) is 96.3 Å². The molecule has 1 aliphatic rings. The number of piperazine rings is 1. The van der Waals surface area contributed by atoms with Crippen molar-refractivity contribution in [3.8, 4) is 0 Å². The molecule has 1 saturated heterocycles. The Morgan fingerprint density at radius 2 is 2.10 bits per heavy atom. The summed E-state index contributed by atoms with van der Waals surface area (Å²) in [6.07, 6.45) is 1.61. The summed E-state index contributed by atoms with van der Waals surface area (Å²) in [5.41, 5.74) is 0. The minimum atomic E-state index is -3.65. The molecule has 1 fully saturated rings. The lowest BCUT2D eigenvalue weighted by Gasteiger charge is -2.27. The number of aromatic nitrogens is 2. The molecule has 2 rings (SSSR count). The van der Waals surface area contributed by atoms with Crippen LogP contribution in [0.15, 0.2) is 11.2 Å². The van der Waals surface area contributed by atoms with Crippen molar-refractivity contribution < 1.29 is 13.2 Å². The van der Waals surface area contributed by atoms with E-state index in [9.17, 15) is 13.2 Å². The fraction of sp³-hybridized carbons (Fsp3) is 0.667. The summed E-state index contributed by atoms with van der Waals surface area (Å²) in [5.74, 6) is 0.587. The summed E-state index contributed by atoms with van der Waals surface area (Å²) < 4.78 is 28.1. The number of sulfonamides is 1. The summed E-state index contributed by atoms with van der Waals surface area (Å²) >= 11 is 0. The van der Waals surface area contributed by atoms with Gasteiger partial charge in [0, 0.05) is 52.4 Å². The van der Waals surface area contributed by atoms with Gasteiger partial charge in [0.15, 0.2) is 5.03 Å². The molecule has 21 heavy (non-hydrogen) atoms. The van der Waals surface area contributed by atoms with Gasteiger partial charge in [0.05, 0.1) is 0 Å². The number of nitrogens with one attached hydrogen (secondary N) is 2. The predicted molar refractivity (Wildman–Crippen MR) is 77.2 cm³/mol. The summed E-state index contributed by atoms with van der Waals surface area (Å²) in [6.45, 7) is 4.72. The van der Waals surface area contributed by atoms with Crippen LogP contribution in [0.25, 0.3) is 0 Å². The number of imidazole rings is 1. The first-order chi connectivity index (χ1) is 9.90. The largest absolute Gasteiger partial charge is 0.340 e. The van der Waals surface area contributed by atoms with Crippen molar-refractivity contribution in [3.63, 3.8) is 0 Å². The molecule has 1 aliphatic heterocycles. The van der Waals surface area contributed by atoms with Gasteiger partial charge in [-0.1, -0.05) is 0 Å². The molecule has 0 aliphatic carbocycles. The van der Waals surface area contributed by atoms with Gasteiger partial charge in [-0.15, -0.1) is 0 Å². The Bertz CT molecular complexity index is 585. The van der Waals surface area contributed by atoms with Crippen molar-refractivity contribution >= 4 is 15.9 Å². The fourth-order valence-electron chi connectivity index (χ4n) is 2.09. The molecular weight excluding hydrogens is 294 g/mol. The predicted octanol–water partition coefficient (Wildman–Crippen LogP) is -1.17. The van der Waals surface area contributed by atoms with E-state index in [4.69, 9.17) is 0 Å². The van der Waals surface area contributed by atoms with Crippen molar-refractivity contribution in [3.05, 3.63) is 12.0 Å². The first kappa shape index (κ1) is 15.9. The fourth-order valence-corrected chi connectivity index (χ4v) is 3.16. The Kier molecular flexibility index (Phi) is 4.96. The van der Waals surface area contributed by atoms with E-state index in [-0.39, 0.29) is 23.9 Å². The van der Waals surface area contributed by atoms with Gasteiger partial charge in [0.2, 0.25) is 5.91 Å². The van der Waals surface area contributed by atoms with Gasteiger partial charge in [-0.2, -0.15) is 0 Å². The maximum Gasteiger partial charge on any atom is 0.259 e. The van der Waals surface area contributed by atoms with Gasteiger partial charge >= 0.3 is 0 Å². The number of hydrogen-bond donors (Lipinski definition) is 2. The molecule has 2 N–H and O–H groups in total. The maximum atomic E-state index is 12.0. The van der Waals surface area contributed by atoms with Gasteiger partial charge in [-0.05, 0) is 6.92 Å². The van der Waals surface area contributed by atoms with E-state index >= 15 is 0 Å². The van der Waals surface area contributed by atoms with Crippen molar-refractivity contribution in [2.75, 3.05) is 32.7 Å². The number of carbonyl (C=O) groups is 1. The minimum absolute atomic E-state index is 0.0166. The number of aryl methyl sites for hydroxylation is 2. The molecule has 1 amide bonds. The van der Waals surface area contributed by atoms with E-state index in [0.717, 1.165) is 13.1 Å². The Hall–Kier alpha value is -1.45. The number of amides is 1. The van der Waals surface area contributed by atoms with Crippen molar-refractivity contribution in [2.45, 2.75) is 18.4 Å². The third-order valence-electron chi connectivity index (χ3n) is 3.46. The van der Waals surface area contributed by atoms with Crippen molar-refractivity contribution in [1.29, 1.82) is 0 Å². The molecule has 1 aromatic rings. The van der Waals surface area contributed by atoms with Crippen LogP contribution in [-0.2, 0) is 21.9 Å². The van der Waals surface area contributed by atoms with E-state index in [2.05, 4.69) is 15.0 Å². The molecule has 8 nitrogen and oxygen atoms in total. The van der Waals surface area contributed by atoms with Gasteiger partial charge in [-0.25, -0.2) is 18.1 Å². The van der Waals surface area contributed by atoms with Crippen LogP contribution in [0.3, 0.4) is 0 Å². The lowest BCUT2D eigenvalue weighted by molar-refractivity contribution is -0.131. The zero-order chi connectivity index (χ0) is 15.5. The average molecular weight is 315 g/mol. The summed E-state index contributed by atoms with van der Waals surface area (Å²) in [7, 11) is -1.92. The van der Waals surface area contributed by atoms with Crippen LogP contribution in [0.1, 0.15) is 12.2 Å². The van der Waals surface area contributed by atoms with Crippen LogP contribution in [0, 0.1) is 6.92 Å². The van der Waals surface area contributed by atoms with Crippen LogP contribution in [-0.4, -0.2) is 61.5 Å². The molecule has 9 heteroatoms. The molecule has 0 atom stereocenters. The monoisotopic (exact) mass is 315 g/mol. The highest BCUT2D eigenvalue weighted by Crippen LogP contribution is 2.07. The number of rotatable bonds is 5. The molecule has 0 bridgehead atoms. The highest BCUT2D eigenvalue weighted by atomic mass is 32.2. The first-order valence-corrected chi connectivity index (χ1v) is 8.36. The molecule has 118 valence electrons.